The largest absolute Gasteiger partial charge is 0.356 e. The highest BCUT2D eigenvalue weighted by Gasteiger charge is 2.23. The van der Waals surface area contributed by atoms with E-state index in [9.17, 15) is 14.0 Å². The predicted molar refractivity (Wildman–Crippen MR) is 124 cm³/mol. The lowest BCUT2D eigenvalue weighted by Crippen LogP contribution is -2.39. The SMILES string of the molecule is O=C(CCc1ccc(CC2CCN(C(=O)Cc3cccc(F)c3)CC2)cc1)NCC1CC1. The summed E-state index contributed by atoms with van der Waals surface area (Å²) in [5.74, 6) is 1.24. The lowest BCUT2D eigenvalue weighted by atomic mass is 9.89. The molecule has 1 aliphatic heterocycles. The highest BCUT2D eigenvalue weighted by atomic mass is 19.1. The van der Waals surface area contributed by atoms with Gasteiger partial charge in [-0.05, 0) is 79.2 Å². The Balaban J connectivity index is 1.16. The fourth-order valence-electron chi connectivity index (χ4n) is 4.42. The van der Waals surface area contributed by atoms with Gasteiger partial charge in [-0.25, -0.2) is 4.39 Å². The molecule has 2 aliphatic rings. The van der Waals surface area contributed by atoms with Gasteiger partial charge in [0.1, 0.15) is 5.82 Å². The summed E-state index contributed by atoms with van der Waals surface area (Å²) < 4.78 is 13.3. The van der Waals surface area contributed by atoms with Gasteiger partial charge in [-0.3, -0.25) is 9.59 Å². The molecule has 1 heterocycles. The lowest BCUT2D eigenvalue weighted by Gasteiger charge is -2.32. The highest BCUT2D eigenvalue weighted by Crippen LogP contribution is 2.27. The molecule has 0 unspecified atom stereocenters. The normalized spacial score (nSPS) is 16.7. The van der Waals surface area contributed by atoms with Crippen LogP contribution in [0.25, 0.3) is 0 Å². The van der Waals surface area contributed by atoms with E-state index >= 15 is 0 Å². The molecule has 2 aromatic rings. The third-order valence-corrected chi connectivity index (χ3v) is 6.68. The van der Waals surface area contributed by atoms with E-state index in [4.69, 9.17) is 0 Å². The standard InChI is InChI=1S/C27H33FN2O2/c28-25-3-1-2-24(17-25)18-27(32)30-14-12-22(13-15-30)16-21-6-4-20(5-7-21)10-11-26(31)29-19-23-8-9-23/h1-7,17,22-23H,8-16,18-19H2,(H,29,31). The molecule has 2 aromatic carbocycles. The van der Waals surface area contributed by atoms with Crippen LogP contribution in [0.4, 0.5) is 4.39 Å². The quantitative estimate of drug-likeness (QED) is 0.637. The minimum Gasteiger partial charge on any atom is -0.356 e. The summed E-state index contributed by atoms with van der Waals surface area (Å²) in [5, 5.41) is 3.02. The van der Waals surface area contributed by atoms with Crippen molar-refractivity contribution in [3.8, 4) is 0 Å². The molecular weight excluding hydrogens is 403 g/mol. The molecule has 0 radical (unpaired) electrons. The molecule has 1 saturated heterocycles. The Kier molecular flexibility index (Phi) is 7.56. The lowest BCUT2D eigenvalue weighted by molar-refractivity contribution is -0.131. The number of benzene rings is 2. The van der Waals surface area contributed by atoms with Gasteiger partial charge in [-0.2, -0.15) is 0 Å². The number of likely N-dealkylation sites (tertiary alicyclic amines) is 1. The molecule has 0 spiro atoms. The van der Waals surface area contributed by atoms with E-state index in [2.05, 4.69) is 29.6 Å². The molecule has 170 valence electrons. The second-order valence-electron chi connectivity index (χ2n) is 9.40. The van der Waals surface area contributed by atoms with Crippen molar-refractivity contribution in [2.45, 2.75) is 51.4 Å². The number of aryl methyl sites for hydroxylation is 1. The van der Waals surface area contributed by atoms with E-state index in [1.807, 2.05) is 4.90 Å². The Morgan fingerprint density at radius 3 is 2.31 bits per heavy atom. The number of hydrogen-bond donors (Lipinski definition) is 1. The van der Waals surface area contributed by atoms with Crippen molar-refractivity contribution < 1.29 is 14.0 Å². The zero-order valence-corrected chi connectivity index (χ0v) is 18.7. The van der Waals surface area contributed by atoms with Gasteiger partial charge in [0.25, 0.3) is 0 Å². The topological polar surface area (TPSA) is 49.4 Å². The molecule has 1 aliphatic carbocycles. The van der Waals surface area contributed by atoms with Crippen LogP contribution in [0.15, 0.2) is 48.5 Å². The van der Waals surface area contributed by atoms with Crippen LogP contribution in [0.1, 0.15) is 48.8 Å². The number of hydrogen-bond acceptors (Lipinski definition) is 2. The summed E-state index contributed by atoms with van der Waals surface area (Å²) in [6.45, 7) is 2.38. The van der Waals surface area contributed by atoms with Crippen molar-refractivity contribution in [3.05, 3.63) is 71.0 Å². The first-order valence-electron chi connectivity index (χ1n) is 11.9. The van der Waals surface area contributed by atoms with Crippen molar-refractivity contribution in [2.24, 2.45) is 11.8 Å². The van der Waals surface area contributed by atoms with E-state index in [1.165, 1.54) is 36.1 Å². The third kappa shape index (κ3) is 6.91. The van der Waals surface area contributed by atoms with Gasteiger partial charge in [-0.15, -0.1) is 0 Å². The average Bonchev–Trinajstić information content (AvgIpc) is 3.62. The summed E-state index contributed by atoms with van der Waals surface area (Å²) in [5.41, 5.74) is 3.25. The van der Waals surface area contributed by atoms with Crippen molar-refractivity contribution in [1.82, 2.24) is 10.2 Å². The van der Waals surface area contributed by atoms with Crippen LogP contribution in [0.2, 0.25) is 0 Å². The maximum atomic E-state index is 13.3. The van der Waals surface area contributed by atoms with Gasteiger partial charge in [0.2, 0.25) is 11.8 Å². The summed E-state index contributed by atoms with van der Waals surface area (Å²) in [6.07, 6.45) is 7.13. The Morgan fingerprint density at radius 2 is 1.62 bits per heavy atom. The smallest absolute Gasteiger partial charge is 0.226 e. The maximum Gasteiger partial charge on any atom is 0.226 e. The molecule has 0 atom stereocenters. The third-order valence-electron chi connectivity index (χ3n) is 6.68. The van der Waals surface area contributed by atoms with Crippen LogP contribution >= 0.6 is 0 Å². The second-order valence-corrected chi connectivity index (χ2v) is 9.40. The highest BCUT2D eigenvalue weighted by molar-refractivity contribution is 5.78. The maximum absolute atomic E-state index is 13.3. The summed E-state index contributed by atoms with van der Waals surface area (Å²) in [7, 11) is 0. The summed E-state index contributed by atoms with van der Waals surface area (Å²) in [4.78, 5) is 26.4. The molecule has 1 N–H and O–H groups in total. The van der Waals surface area contributed by atoms with Crippen molar-refractivity contribution >= 4 is 11.8 Å². The fourth-order valence-corrected chi connectivity index (χ4v) is 4.42. The first-order valence-corrected chi connectivity index (χ1v) is 11.9. The predicted octanol–water partition coefficient (Wildman–Crippen LogP) is 4.31. The van der Waals surface area contributed by atoms with Crippen LogP contribution in [0.3, 0.4) is 0 Å². The van der Waals surface area contributed by atoms with Crippen LogP contribution < -0.4 is 5.32 Å². The first-order chi connectivity index (χ1) is 15.5. The number of halogens is 1. The van der Waals surface area contributed by atoms with E-state index in [1.54, 1.807) is 12.1 Å². The molecule has 32 heavy (non-hydrogen) atoms. The Bertz CT molecular complexity index is 916. The fraction of sp³-hybridized carbons (Fsp3) is 0.481. The van der Waals surface area contributed by atoms with Gasteiger partial charge in [-0.1, -0.05) is 36.4 Å². The molecule has 0 aromatic heterocycles. The number of nitrogens with zero attached hydrogens (tertiary/aromatic N) is 1. The molecule has 4 nitrogen and oxygen atoms in total. The molecule has 5 heteroatoms. The number of piperidine rings is 1. The molecule has 2 amide bonds. The van der Waals surface area contributed by atoms with Gasteiger partial charge >= 0.3 is 0 Å². The van der Waals surface area contributed by atoms with E-state index < -0.39 is 0 Å². The number of nitrogens with one attached hydrogen (secondary N) is 1. The number of carbonyl (C=O) groups excluding carboxylic acids is 2. The Labute approximate surface area is 190 Å². The van der Waals surface area contributed by atoms with Gasteiger partial charge in [0, 0.05) is 26.1 Å². The summed E-state index contributed by atoms with van der Waals surface area (Å²) >= 11 is 0. The van der Waals surface area contributed by atoms with Gasteiger partial charge in [0.15, 0.2) is 0 Å². The van der Waals surface area contributed by atoms with Crippen molar-refractivity contribution in [2.75, 3.05) is 19.6 Å². The van der Waals surface area contributed by atoms with Crippen LogP contribution in [0, 0.1) is 17.7 Å². The molecule has 2 fully saturated rings. The zero-order chi connectivity index (χ0) is 22.3. The van der Waals surface area contributed by atoms with Crippen LogP contribution in [0.5, 0.6) is 0 Å². The summed E-state index contributed by atoms with van der Waals surface area (Å²) in [6, 6.07) is 14.9. The minimum absolute atomic E-state index is 0.0829. The Morgan fingerprint density at radius 1 is 0.906 bits per heavy atom. The van der Waals surface area contributed by atoms with Gasteiger partial charge in [0.05, 0.1) is 6.42 Å². The number of carbonyl (C=O) groups is 2. The van der Waals surface area contributed by atoms with E-state index in [0.717, 1.165) is 56.8 Å². The van der Waals surface area contributed by atoms with E-state index in [-0.39, 0.29) is 24.1 Å². The second kappa shape index (κ2) is 10.8. The Hall–Kier alpha value is -2.69. The first kappa shape index (κ1) is 22.5. The number of rotatable bonds is 9. The monoisotopic (exact) mass is 436 g/mol. The van der Waals surface area contributed by atoms with Crippen LogP contribution in [-0.2, 0) is 28.9 Å². The molecular formula is C27H33FN2O2. The van der Waals surface area contributed by atoms with Crippen molar-refractivity contribution in [3.63, 3.8) is 0 Å². The molecule has 0 bridgehead atoms. The zero-order valence-electron chi connectivity index (χ0n) is 18.7. The number of amides is 2. The van der Waals surface area contributed by atoms with Crippen LogP contribution in [-0.4, -0.2) is 36.3 Å². The van der Waals surface area contributed by atoms with Gasteiger partial charge < -0.3 is 10.2 Å². The molecule has 4 rings (SSSR count). The van der Waals surface area contributed by atoms with E-state index in [0.29, 0.717) is 12.3 Å². The average molecular weight is 437 g/mol. The molecule has 1 saturated carbocycles. The minimum atomic E-state index is -0.295. The van der Waals surface area contributed by atoms with Crippen molar-refractivity contribution in [1.29, 1.82) is 0 Å².